The van der Waals surface area contributed by atoms with Crippen molar-refractivity contribution in [3.05, 3.63) is 88.5 Å². The van der Waals surface area contributed by atoms with Crippen molar-refractivity contribution in [2.75, 3.05) is 0 Å². The molecule has 0 unspecified atom stereocenters. The van der Waals surface area contributed by atoms with E-state index in [1.807, 2.05) is 0 Å². The zero-order valence-electron chi connectivity index (χ0n) is 13.7. The number of hydrogen-bond acceptors (Lipinski definition) is 0. The van der Waals surface area contributed by atoms with E-state index in [0.717, 1.165) is 0 Å². The van der Waals surface area contributed by atoms with Crippen molar-refractivity contribution in [1.82, 2.24) is 0 Å². The van der Waals surface area contributed by atoms with Gasteiger partial charge in [0.1, 0.15) is 0 Å². The third-order valence-corrected chi connectivity index (χ3v) is 4.19. The van der Waals surface area contributed by atoms with Crippen molar-refractivity contribution < 1.29 is 43.9 Å². The standard InChI is InChI=1S/C18H5BF10/c20-9-3-1-6(12(23)15(9)26)19(7-2-4-10(21)16(27)13(7)24)8-5-11(22)17(28)18(29)14(8)25/h1-5H. The highest BCUT2D eigenvalue weighted by atomic mass is 19.2. The fourth-order valence-electron chi connectivity index (χ4n) is 2.83. The minimum absolute atomic E-state index is 0.0137. The van der Waals surface area contributed by atoms with Gasteiger partial charge in [-0.3, -0.25) is 0 Å². The molecule has 0 nitrogen and oxygen atoms in total. The summed E-state index contributed by atoms with van der Waals surface area (Å²) in [5.74, 6) is -20.3. The van der Waals surface area contributed by atoms with Gasteiger partial charge in [0.25, 0.3) is 6.71 Å². The smallest absolute Gasteiger partial charge is 0.204 e. The van der Waals surface area contributed by atoms with Crippen LogP contribution in [0.3, 0.4) is 0 Å². The van der Waals surface area contributed by atoms with Gasteiger partial charge in [0.05, 0.1) is 0 Å². The van der Waals surface area contributed by atoms with E-state index in [0.29, 0.717) is 24.3 Å². The van der Waals surface area contributed by atoms with Gasteiger partial charge in [-0.25, -0.2) is 43.9 Å². The summed E-state index contributed by atoms with van der Waals surface area (Å²) >= 11 is 0. The second-order valence-electron chi connectivity index (χ2n) is 5.85. The van der Waals surface area contributed by atoms with E-state index in [-0.39, 0.29) is 6.07 Å². The van der Waals surface area contributed by atoms with Gasteiger partial charge in [-0.05, 0) is 34.6 Å². The SMILES string of the molecule is Fc1ccc(B(c2ccc(F)c(F)c2F)c2cc(F)c(F)c(F)c2F)c(F)c1F. The summed E-state index contributed by atoms with van der Waals surface area (Å²) in [6.45, 7) is -2.33. The van der Waals surface area contributed by atoms with Crippen LogP contribution in [0.1, 0.15) is 0 Å². The van der Waals surface area contributed by atoms with E-state index in [1.54, 1.807) is 0 Å². The van der Waals surface area contributed by atoms with Gasteiger partial charge in [-0.1, -0.05) is 12.1 Å². The summed E-state index contributed by atoms with van der Waals surface area (Å²) in [6.07, 6.45) is 0. The zero-order chi connectivity index (χ0) is 21.6. The second-order valence-corrected chi connectivity index (χ2v) is 5.85. The van der Waals surface area contributed by atoms with Gasteiger partial charge in [0, 0.05) is 0 Å². The molecule has 0 saturated carbocycles. The zero-order valence-corrected chi connectivity index (χ0v) is 13.7. The van der Waals surface area contributed by atoms with Crippen LogP contribution in [-0.2, 0) is 0 Å². The molecule has 0 saturated heterocycles. The predicted molar refractivity (Wildman–Crippen MR) is 83.6 cm³/mol. The Balaban J connectivity index is 2.42. The summed E-state index contributed by atoms with van der Waals surface area (Å²) in [6, 6.07) is 1.66. The number of halogens is 10. The molecule has 3 rings (SSSR count). The molecule has 0 heterocycles. The Hall–Kier alpha value is -2.98. The molecule has 11 heteroatoms. The lowest BCUT2D eigenvalue weighted by molar-refractivity contribution is 0.412. The van der Waals surface area contributed by atoms with Crippen LogP contribution in [0.25, 0.3) is 0 Å². The van der Waals surface area contributed by atoms with Crippen LogP contribution in [-0.4, -0.2) is 6.71 Å². The van der Waals surface area contributed by atoms with Gasteiger partial charge in [-0.2, -0.15) is 0 Å². The summed E-state index contributed by atoms with van der Waals surface area (Å²) in [7, 11) is 0. The van der Waals surface area contributed by atoms with Crippen molar-refractivity contribution in [3.8, 4) is 0 Å². The first-order valence-electron chi connectivity index (χ1n) is 7.65. The van der Waals surface area contributed by atoms with Crippen LogP contribution in [0, 0.1) is 58.2 Å². The largest absolute Gasteiger partial charge is 0.253 e. The maximum absolute atomic E-state index is 14.3. The van der Waals surface area contributed by atoms with Crippen LogP contribution in [0.2, 0.25) is 0 Å². The van der Waals surface area contributed by atoms with E-state index < -0.39 is 81.3 Å². The highest BCUT2D eigenvalue weighted by molar-refractivity contribution is 6.95. The molecule has 0 aliphatic rings. The molecule has 0 radical (unpaired) electrons. The van der Waals surface area contributed by atoms with E-state index >= 15 is 0 Å². The Morgan fingerprint density at radius 2 is 0.759 bits per heavy atom. The molecule has 29 heavy (non-hydrogen) atoms. The van der Waals surface area contributed by atoms with Crippen molar-refractivity contribution in [2.24, 2.45) is 0 Å². The molecule has 0 amide bonds. The van der Waals surface area contributed by atoms with E-state index in [4.69, 9.17) is 0 Å². The van der Waals surface area contributed by atoms with Crippen LogP contribution in [0.15, 0.2) is 30.3 Å². The van der Waals surface area contributed by atoms with Gasteiger partial charge < -0.3 is 0 Å². The first kappa shape index (κ1) is 20.8. The predicted octanol–water partition coefficient (Wildman–Crippen LogP) is 3.59. The van der Waals surface area contributed by atoms with Gasteiger partial charge >= 0.3 is 0 Å². The van der Waals surface area contributed by atoms with Crippen molar-refractivity contribution in [3.63, 3.8) is 0 Å². The monoisotopic (exact) mass is 422 g/mol. The average molecular weight is 422 g/mol. The molecule has 0 fully saturated rings. The molecule has 3 aromatic rings. The first-order valence-corrected chi connectivity index (χ1v) is 7.65. The normalized spacial score (nSPS) is 11.1. The maximum Gasteiger partial charge on any atom is 0.253 e. The Kier molecular flexibility index (Phi) is 5.33. The Morgan fingerprint density at radius 3 is 1.21 bits per heavy atom. The molecule has 0 bridgehead atoms. The molecule has 0 spiro atoms. The highest BCUT2D eigenvalue weighted by Gasteiger charge is 2.35. The Labute approximate surface area is 156 Å². The van der Waals surface area contributed by atoms with E-state index in [1.165, 1.54) is 0 Å². The van der Waals surface area contributed by atoms with Crippen molar-refractivity contribution >= 4 is 23.1 Å². The molecule has 0 aliphatic heterocycles. The maximum atomic E-state index is 14.3. The van der Waals surface area contributed by atoms with Crippen molar-refractivity contribution in [1.29, 1.82) is 0 Å². The summed E-state index contributed by atoms with van der Waals surface area (Å²) in [5, 5.41) is 0. The topological polar surface area (TPSA) is 0 Å². The molecule has 3 aromatic carbocycles. The molecule has 0 atom stereocenters. The lowest BCUT2D eigenvalue weighted by Gasteiger charge is -2.19. The molecule has 0 N–H and O–H groups in total. The highest BCUT2D eigenvalue weighted by Crippen LogP contribution is 2.17. The lowest BCUT2D eigenvalue weighted by atomic mass is 9.36. The van der Waals surface area contributed by atoms with Crippen LogP contribution < -0.4 is 16.4 Å². The molecular weight excluding hydrogens is 417 g/mol. The van der Waals surface area contributed by atoms with Crippen molar-refractivity contribution in [2.45, 2.75) is 0 Å². The van der Waals surface area contributed by atoms with Gasteiger partial charge in [0.15, 0.2) is 58.2 Å². The summed E-state index contributed by atoms with van der Waals surface area (Å²) in [5.41, 5.74) is -3.41. The Morgan fingerprint density at radius 1 is 0.379 bits per heavy atom. The quantitative estimate of drug-likeness (QED) is 0.262. The number of hydrogen-bond donors (Lipinski definition) is 0. The minimum atomic E-state index is -2.36. The fraction of sp³-hybridized carbons (Fsp3) is 0. The third kappa shape index (κ3) is 3.34. The van der Waals surface area contributed by atoms with Crippen LogP contribution in [0.5, 0.6) is 0 Å². The molecular formula is C18H5BF10. The molecule has 0 aromatic heterocycles. The fourth-order valence-corrected chi connectivity index (χ4v) is 2.83. The minimum Gasteiger partial charge on any atom is -0.204 e. The Bertz CT molecular complexity index is 1070. The number of benzene rings is 3. The molecule has 0 aliphatic carbocycles. The van der Waals surface area contributed by atoms with E-state index in [2.05, 4.69) is 0 Å². The second kappa shape index (κ2) is 7.45. The number of rotatable bonds is 3. The molecule has 150 valence electrons. The first-order chi connectivity index (χ1) is 13.6. The lowest BCUT2D eigenvalue weighted by Crippen LogP contribution is -2.56. The van der Waals surface area contributed by atoms with Crippen LogP contribution in [0.4, 0.5) is 43.9 Å². The van der Waals surface area contributed by atoms with Gasteiger partial charge in [0.2, 0.25) is 0 Å². The summed E-state index contributed by atoms with van der Waals surface area (Å²) < 4.78 is 137. The summed E-state index contributed by atoms with van der Waals surface area (Å²) in [4.78, 5) is 0. The van der Waals surface area contributed by atoms with Crippen LogP contribution >= 0.6 is 0 Å². The third-order valence-electron chi connectivity index (χ3n) is 4.19. The van der Waals surface area contributed by atoms with E-state index in [9.17, 15) is 43.9 Å². The average Bonchev–Trinajstić information content (AvgIpc) is 2.69. The van der Waals surface area contributed by atoms with Gasteiger partial charge in [-0.15, -0.1) is 0 Å².